The third-order valence-corrected chi connectivity index (χ3v) is 3.02. The summed E-state index contributed by atoms with van der Waals surface area (Å²) in [5, 5.41) is 13.9. The second-order valence-corrected chi connectivity index (χ2v) is 4.76. The second kappa shape index (κ2) is 5.69. The minimum absolute atomic E-state index is 0.156. The summed E-state index contributed by atoms with van der Waals surface area (Å²) in [5.74, 6) is -0.589. The number of rotatable bonds is 4. The fourth-order valence-electron chi connectivity index (χ4n) is 2.06. The SMILES string of the molecule is CC(C)c1ccccc1Nc1cccc(F)c1[N+](=O)[O-]. The third kappa shape index (κ3) is 2.77. The van der Waals surface area contributed by atoms with E-state index in [4.69, 9.17) is 0 Å². The molecule has 0 aliphatic heterocycles. The number of nitrogens with one attached hydrogen (secondary N) is 1. The summed E-state index contributed by atoms with van der Waals surface area (Å²) in [7, 11) is 0. The number of nitrogens with zero attached hydrogens (tertiary/aromatic N) is 1. The van der Waals surface area contributed by atoms with Gasteiger partial charge in [0.25, 0.3) is 0 Å². The average Bonchev–Trinajstić information content (AvgIpc) is 2.38. The Morgan fingerprint density at radius 1 is 1.10 bits per heavy atom. The highest BCUT2D eigenvalue weighted by Crippen LogP contribution is 2.33. The number of nitro groups is 1. The standard InChI is InChI=1S/C15H15FN2O2/c1-10(2)11-6-3-4-8-13(11)17-14-9-5-7-12(16)15(14)18(19)20/h3-10,17H,1-2H3. The molecule has 1 N–H and O–H groups in total. The normalized spacial score (nSPS) is 10.6. The first-order valence-electron chi connectivity index (χ1n) is 6.29. The molecule has 5 heteroatoms. The first-order valence-corrected chi connectivity index (χ1v) is 6.29. The Labute approximate surface area is 116 Å². The molecule has 0 aromatic heterocycles. The van der Waals surface area contributed by atoms with Gasteiger partial charge in [-0.05, 0) is 29.7 Å². The quantitative estimate of drug-likeness (QED) is 0.654. The first kappa shape index (κ1) is 14.0. The van der Waals surface area contributed by atoms with Gasteiger partial charge in [-0.3, -0.25) is 10.1 Å². The molecule has 0 radical (unpaired) electrons. The van der Waals surface area contributed by atoms with Crippen LogP contribution in [0.1, 0.15) is 25.3 Å². The lowest BCUT2D eigenvalue weighted by Gasteiger charge is -2.14. The molecule has 0 bridgehead atoms. The Morgan fingerprint density at radius 3 is 2.40 bits per heavy atom. The van der Waals surface area contributed by atoms with Crippen molar-refractivity contribution in [2.45, 2.75) is 19.8 Å². The van der Waals surface area contributed by atoms with Crippen LogP contribution in [0.25, 0.3) is 0 Å². The van der Waals surface area contributed by atoms with Crippen LogP contribution < -0.4 is 5.32 Å². The summed E-state index contributed by atoms with van der Waals surface area (Å²) < 4.78 is 13.6. The molecule has 4 nitrogen and oxygen atoms in total. The van der Waals surface area contributed by atoms with E-state index in [0.717, 1.165) is 17.3 Å². The van der Waals surface area contributed by atoms with Gasteiger partial charge in [-0.1, -0.05) is 38.1 Å². The lowest BCUT2D eigenvalue weighted by atomic mass is 10.0. The fraction of sp³-hybridized carbons (Fsp3) is 0.200. The van der Waals surface area contributed by atoms with E-state index in [-0.39, 0.29) is 11.6 Å². The van der Waals surface area contributed by atoms with Gasteiger partial charge in [0.2, 0.25) is 5.82 Å². The summed E-state index contributed by atoms with van der Waals surface area (Å²) in [6, 6.07) is 11.5. The Morgan fingerprint density at radius 2 is 1.75 bits per heavy atom. The minimum atomic E-state index is -0.845. The van der Waals surface area contributed by atoms with Gasteiger partial charge in [-0.15, -0.1) is 0 Å². The lowest BCUT2D eigenvalue weighted by molar-refractivity contribution is -0.386. The van der Waals surface area contributed by atoms with Crippen LogP contribution in [0, 0.1) is 15.9 Å². The molecular weight excluding hydrogens is 259 g/mol. The zero-order valence-corrected chi connectivity index (χ0v) is 11.3. The van der Waals surface area contributed by atoms with Crippen molar-refractivity contribution in [2.75, 3.05) is 5.32 Å². The van der Waals surface area contributed by atoms with Crippen LogP contribution in [0.2, 0.25) is 0 Å². The molecule has 0 unspecified atom stereocenters. The minimum Gasteiger partial charge on any atom is -0.350 e. The number of nitro benzene ring substituents is 1. The predicted molar refractivity (Wildman–Crippen MR) is 76.9 cm³/mol. The zero-order chi connectivity index (χ0) is 14.7. The smallest absolute Gasteiger partial charge is 0.327 e. The maximum absolute atomic E-state index is 13.6. The summed E-state index contributed by atoms with van der Waals surface area (Å²) in [5.41, 5.74) is 1.39. The molecule has 0 fully saturated rings. The van der Waals surface area contributed by atoms with Crippen molar-refractivity contribution >= 4 is 17.1 Å². The number of benzene rings is 2. The Balaban J connectivity index is 2.46. The summed E-state index contributed by atoms with van der Waals surface area (Å²) in [6.45, 7) is 4.06. The van der Waals surface area contributed by atoms with E-state index < -0.39 is 16.4 Å². The number of hydrogen-bond donors (Lipinski definition) is 1. The van der Waals surface area contributed by atoms with Gasteiger partial charge in [0.15, 0.2) is 0 Å². The van der Waals surface area contributed by atoms with E-state index >= 15 is 0 Å². The van der Waals surface area contributed by atoms with E-state index in [1.165, 1.54) is 12.1 Å². The van der Waals surface area contributed by atoms with Crippen molar-refractivity contribution in [3.63, 3.8) is 0 Å². The van der Waals surface area contributed by atoms with Crippen molar-refractivity contribution in [1.29, 1.82) is 0 Å². The van der Waals surface area contributed by atoms with E-state index in [9.17, 15) is 14.5 Å². The van der Waals surface area contributed by atoms with Crippen molar-refractivity contribution in [1.82, 2.24) is 0 Å². The molecule has 0 aliphatic carbocycles. The topological polar surface area (TPSA) is 55.2 Å². The Kier molecular flexibility index (Phi) is 3.98. The van der Waals surface area contributed by atoms with Crippen molar-refractivity contribution < 1.29 is 9.31 Å². The Bertz CT molecular complexity index is 642. The van der Waals surface area contributed by atoms with E-state index in [2.05, 4.69) is 5.32 Å². The van der Waals surface area contributed by atoms with E-state index in [1.54, 1.807) is 0 Å². The molecule has 2 rings (SSSR count). The molecule has 2 aromatic rings. The molecule has 0 spiro atoms. The fourth-order valence-corrected chi connectivity index (χ4v) is 2.06. The maximum Gasteiger partial charge on any atom is 0.327 e. The third-order valence-electron chi connectivity index (χ3n) is 3.02. The van der Waals surface area contributed by atoms with Crippen LogP contribution in [-0.4, -0.2) is 4.92 Å². The van der Waals surface area contributed by atoms with Gasteiger partial charge in [0.05, 0.1) is 4.92 Å². The second-order valence-electron chi connectivity index (χ2n) is 4.76. The molecule has 20 heavy (non-hydrogen) atoms. The Hall–Kier alpha value is -2.43. The molecule has 0 saturated carbocycles. The average molecular weight is 274 g/mol. The number of para-hydroxylation sites is 2. The van der Waals surface area contributed by atoms with Gasteiger partial charge in [-0.25, -0.2) is 0 Å². The molecule has 0 amide bonds. The van der Waals surface area contributed by atoms with Crippen molar-refractivity contribution in [2.24, 2.45) is 0 Å². The number of anilines is 2. The van der Waals surface area contributed by atoms with Gasteiger partial charge < -0.3 is 5.32 Å². The molecule has 0 saturated heterocycles. The van der Waals surface area contributed by atoms with Crippen LogP contribution in [0.4, 0.5) is 21.5 Å². The molecule has 0 atom stereocenters. The van der Waals surface area contributed by atoms with Crippen LogP contribution in [0.3, 0.4) is 0 Å². The van der Waals surface area contributed by atoms with Gasteiger partial charge in [0.1, 0.15) is 5.69 Å². The highest BCUT2D eigenvalue weighted by Gasteiger charge is 2.20. The molecule has 104 valence electrons. The van der Waals surface area contributed by atoms with Crippen LogP contribution in [-0.2, 0) is 0 Å². The largest absolute Gasteiger partial charge is 0.350 e. The van der Waals surface area contributed by atoms with Crippen LogP contribution >= 0.6 is 0 Å². The molecule has 0 aliphatic rings. The monoisotopic (exact) mass is 274 g/mol. The summed E-state index contributed by atoms with van der Waals surface area (Å²) in [4.78, 5) is 10.3. The lowest BCUT2D eigenvalue weighted by Crippen LogP contribution is -2.02. The van der Waals surface area contributed by atoms with E-state index in [1.807, 2.05) is 38.1 Å². The van der Waals surface area contributed by atoms with Crippen molar-refractivity contribution in [3.05, 3.63) is 64.0 Å². The van der Waals surface area contributed by atoms with Crippen molar-refractivity contribution in [3.8, 4) is 0 Å². The van der Waals surface area contributed by atoms with E-state index in [0.29, 0.717) is 0 Å². The highest BCUT2D eigenvalue weighted by molar-refractivity contribution is 5.71. The maximum atomic E-state index is 13.6. The van der Waals surface area contributed by atoms with Gasteiger partial charge in [0, 0.05) is 5.69 Å². The van der Waals surface area contributed by atoms with Gasteiger partial charge in [-0.2, -0.15) is 4.39 Å². The van der Waals surface area contributed by atoms with Gasteiger partial charge >= 0.3 is 5.69 Å². The molecule has 0 heterocycles. The highest BCUT2D eigenvalue weighted by atomic mass is 19.1. The van der Waals surface area contributed by atoms with Crippen LogP contribution in [0.15, 0.2) is 42.5 Å². The summed E-state index contributed by atoms with van der Waals surface area (Å²) in [6.07, 6.45) is 0. The number of hydrogen-bond acceptors (Lipinski definition) is 3. The first-order chi connectivity index (χ1) is 9.50. The predicted octanol–water partition coefficient (Wildman–Crippen LogP) is 4.60. The molecular formula is C15H15FN2O2. The zero-order valence-electron chi connectivity index (χ0n) is 11.3. The number of halogens is 1. The van der Waals surface area contributed by atoms with Crippen LogP contribution in [0.5, 0.6) is 0 Å². The summed E-state index contributed by atoms with van der Waals surface area (Å²) >= 11 is 0. The molecule has 2 aromatic carbocycles.